The Labute approximate surface area is 86.2 Å². The van der Waals surface area contributed by atoms with E-state index < -0.39 is 0 Å². The summed E-state index contributed by atoms with van der Waals surface area (Å²) in [7, 11) is 0. The molecule has 0 aliphatic carbocycles. The number of nitrogens with zero attached hydrogens (tertiary/aromatic N) is 1. The van der Waals surface area contributed by atoms with Crippen LogP contribution < -0.4 is 11.5 Å². The number of nitrogens with two attached hydrogens (primary N) is 2. The first-order valence-electron chi connectivity index (χ1n) is 4.90. The van der Waals surface area contributed by atoms with E-state index >= 15 is 0 Å². The first kappa shape index (κ1) is 7.17. The number of fused-ring (bicyclic) bond motifs is 1. The Bertz CT molecular complexity index is 677. The highest BCUT2D eigenvalue weighted by Crippen LogP contribution is 2.55. The van der Waals surface area contributed by atoms with Gasteiger partial charge in [0.25, 0.3) is 0 Å². The van der Waals surface area contributed by atoms with E-state index in [0.29, 0.717) is 0 Å². The second kappa shape index (κ2) is 1.93. The van der Waals surface area contributed by atoms with Gasteiger partial charge in [0.2, 0.25) is 0 Å². The molecule has 0 unspecified atom stereocenters. The minimum absolute atomic E-state index is 0.798. The van der Waals surface area contributed by atoms with Crippen LogP contribution in [0.25, 0.3) is 27.8 Å². The van der Waals surface area contributed by atoms with E-state index in [1.165, 1.54) is 22.3 Å². The predicted octanol–water partition coefficient (Wildman–Crippen LogP) is 2.21. The number of anilines is 2. The Kier molecular flexibility index (Phi) is 0.924. The third-order valence-electron chi connectivity index (χ3n) is 3.15. The van der Waals surface area contributed by atoms with Gasteiger partial charge in [-0.1, -0.05) is 12.1 Å². The average Bonchev–Trinajstić information content (AvgIpc) is 2.81. The average molecular weight is 195 g/mol. The molecule has 0 fully saturated rings. The highest BCUT2D eigenvalue weighted by molar-refractivity contribution is 6.17. The van der Waals surface area contributed by atoms with Gasteiger partial charge in [0.15, 0.2) is 0 Å². The summed E-state index contributed by atoms with van der Waals surface area (Å²) in [6.45, 7) is 0. The summed E-state index contributed by atoms with van der Waals surface area (Å²) < 4.78 is 2.20. The van der Waals surface area contributed by atoms with E-state index in [4.69, 9.17) is 11.5 Å². The van der Waals surface area contributed by atoms with Gasteiger partial charge < -0.3 is 16.0 Å². The maximum atomic E-state index is 5.83. The lowest BCUT2D eigenvalue weighted by molar-refractivity contribution is 1.31. The molecule has 0 spiro atoms. The third kappa shape index (κ3) is 0.655. The van der Waals surface area contributed by atoms with Crippen LogP contribution in [0.5, 0.6) is 0 Å². The standard InChI is InChI=1S/C12H9N3/c13-7-3-1-6(2-4-7)8-5-9-10(14)12-11(8)15(9)12/h1-5H,13-14H2. The SMILES string of the molecule is Nc1ccc(-c2cc3c(N)c4c2n3-4)cc1. The maximum Gasteiger partial charge on any atom is 0.0965 e. The van der Waals surface area contributed by atoms with Gasteiger partial charge in [-0.15, -0.1) is 0 Å². The summed E-state index contributed by atoms with van der Waals surface area (Å²) in [5.41, 5.74) is 19.4. The number of rotatable bonds is 1. The van der Waals surface area contributed by atoms with Crippen molar-refractivity contribution in [2.75, 3.05) is 11.5 Å². The second-order valence-corrected chi connectivity index (χ2v) is 4.01. The highest BCUT2D eigenvalue weighted by Gasteiger charge is 2.36. The van der Waals surface area contributed by atoms with Crippen LogP contribution in [-0.2, 0) is 0 Å². The Morgan fingerprint density at radius 2 is 1.73 bits per heavy atom. The second-order valence-electron chi connectivity index (χ2n) is 4.01. The molecule has 72 valence electrons. The van der Waals surface area contributed by atoms with Crippen molar-refractivity contribution in [3.8, 4) is 16.8 Å². The van der Waals surface area contributed by atoms with Crippen molar-refractivity contribution in [2.45, 2.75) is 0 Å². The normalized spacial score (nSPS) is 12.5. The van der Waals surface area contributed by atoms with Gasteiger partial charge in [0.05, 0.1) is 22.4 Å². The minimum atomic E-state index is 0.798. The fourth-order valence-corrected chi connectivity index (χ4v) is 2.32. The topological polar surface area (TPSA) is 57.0 Å². The number of benzene rings is 2. The van der Waals surface area contributed by atoms with Crippen LogP contribution in [0.15, 0.2) is 30.3 Å². The van der Waals surface area contributed by atoms with Crippen molar-refractivity contribution in [3.05, 3.63) is 30.3 Å². The molecule has 2 aliphatic rings. The van der Waals surface area contributed by atoms with Gasteiger partial charge in [-0.05, 0) is 23.8 Å². The van der Waals surface area contributed by atoms with Crippen LogP contribution in [0, 0.1) is 0 Å². The smallest absolute Gasteiger partial charge is 0.0965 e. The molecule has 0 bridgehead atoms. The van der Waals surface area contributed by atoms with Crippen LogP contribution in [0.3, 0.4) is 0 Å². The third-order valence-corrected chi connectivity index (χ3v) is 3.15. The lowest BCUT2D eigenvalue weighted by Crippen LogP contribution is -1.95. The molecule has 0 atom stereocenters. The summed E-state index contributed by atoms with van der Waals surface area (Å²) in [4.78, 5) is 0. The van der Waals surface area contributed by atoms with Crippen molar-refractivity contribution in [2.24, 2.45) is 0 Å². The number of hydrogen-bond acceptors (Lipinski definition) is 2. The van der Waals surface area contributed by atoms with E-state index in [1.807, 2.05) is 24.3 Å². The van der Waals surface area contributed by atoms with Gasteiger partial charge in [0.1, 0.15) is 0 Å². The van der Waals surface area contributed by atoms with E-state index in [9.17, 15) is 0 Å². The van der Waals surface area contributed by atoms with E-state index in [-0.39, 0.29) is 0 Å². The van der Waals surface area contributed by atoms with Crippen LogP contribution >= 0.6 is 0 Å². The molecule has 15 heavy (non-hydrogen) atoms. The van der Waals surface area contributed by atoms with Crippen molar-refractivity contribution in [1.82, 2.24) is 4.57 Å². The molecular formula is C12H9N3. The molecule has 0 amide bonds. The van der Waals surface area contributed by atoms with Gasteiger partial charge in [-0.3, -0.25) is 0 Å². The number of hydrogen-bond donors (Lipinski definition) is 2. The van der Waals surface area contributed by atoms with E-state index in [1.54, 1.807) is 0 Å². The quantitative estimate of drug-likeness (QED) is 0.457. The van der Waals surface area contributed by atoms with Crippen LogP contribution in [-0.4, -0.2) is 4.57 Å². The monoisotopic (exact) mass is 195 g/mol. The van der Waals surface area contributed by atoms with Crippen molar-refractivity contribution in [3.63, 3.8) is 0 Å². The molecule has 3 heteroatoms. The predicted molar refractivity (Wildman–Crippen MR) is 62.3 cm³/mol. The molecule has 0 saturated carbocycles. The molecule has 4 rings (SSSR count). The molecule has 2 aliphatic heterocycles. The van der Waals surface area contributed by atoms with Crippen LogP contribution in [0.2, 0.25) is 0 Å². The lowest BCUT2D eigenvalue weighted by Gasteiger charge is -2.04. The van der Waals surface area contributed by atoms with Crippen molar-refractivity contribution in [1.29, 1.82) is 0 Å². The Hall–Kier alpha value is -2.16. The largest absolute Gasteiger partial charge is 0.399 e. The number of nitrogen functional groups attached to an aromatic ring is 2. The molecule has 1 aromatic heterocycles. The highest BCUT2D eigenvalue weighted by atomic mass is 15.2. The summed E-state index contributed by atoms with van der Waals surface area (Å²) >= 11 is 0. The lowest BCUT2D eigenvalue weighted by atomic mass is 10.0. The molecular weight excluding hydrogens is 186 g/mol. The molecule has 4 N–H and O–H groups in total. The van der Waals surface area contributed by atoms with Gasteiger partial charge in [-0.2, -0.15) is 0 Å². The molecule has 0 saturated heterocycles. The zero-order chi connectivity index (χ0) is 10.2. The summed E-state index contributed by atoms with van der Waals surface area (Å²) in [5.74, 6) is 0. The molecule has 1 aromatic carbocycles. The first-order chi connectivity index (χ1) is 7.27. The molecule has 0 radical (unpaired) electrons. The first-order valence-corrected chi connectivity index (χ1v) is 4.90. The van der Waals surface area contributed by atoms with Crippen LogP contribution in [0.4, 0.5) is 11.4 Å². The van der Waals surface area contributed by atoms with Gasteiger partial charge >= 0.3 is 0 Å². The van der Waals surface area contributed by atoms with Crippen molar-refractivity contribution < 1.29 is 0 Å². The molecule has 3 heterocycles. The van der Waals surface area contributed by atoms with E-state index in [2.05, 4.69) is 10.6 Å². The van der Waals surface area contributed by atoms with Crippen molar-refractivity contribution >= 4 is 22.4 Å². The number of pyridine rings is 1. The minimum Gasteiger partial charge on any atom is -0.399 e. The Morgan fingerprint density at radius 3 is 2.27 bits per heavy atom. The molecule has 2 aromatic rings. The van der Waals surface area contributed by atoms with E-state index in [0.717, 1.165) is 16.9 Å². The van der Waals surface area contributed by atoms with Gasteiger partial charge in [0, 0.05) is 11.3 Å². The summed E-state index contributed by atoms with van der Waals surface area (Å²) in [6.07, 6.45) is 0. The maximum absolute atomic E-state index is 5.83. The fourth-order valence-electron chi connectivity index (χ4n) is 2.32. The Morgan fingerprint density at radius 1 is 1.00 bits per heavy atom. The zero-order valence-corrected chi connectivity index (χ0v) is 7.99. The summed E-state index contributed by atoms with van der Waals surface area (Å²) in [5, 5.41) is 0. The molecule has 3 nitrogen and oxygen atoms in total. The van der Waals surface area contributed by atoms with Crippen LogP contribution in [0.1, 0.15) is 0 Å². The summed E-state index contributed by atoms with van der Waals surface area (Å²) in [6, 6.07) is 10.1. The Balaban J connectivity index is 1.94. The van der Waals surface area contributed by atoms with Gasteiger partial charge in [-0.25, -0.2) is 0 Å². The zero-order valence-electron chi connectivity index (χ0n) is 7.99. The fraction of sp³-hybridized carbons (Fsp3) is 0. The number of aromatic nitrogens is 1.